The van der Waals surface area contributed by atoms with Crippen LogP contribution in [0.3, 0.4) is 0 Å². The topological polar surface area (TPSA) is 90.4 Å². The summed E-state index contributed by atoms with van der Waals surface area (Å²) in [5, 5.41) is 11.2. The lowest BCUT2D eigenvalue weighted by atomic mass is 10.3. The van der Waals surface area contributed by atoms with Gasteiger partial charge in [0.2, 0.25) is 0 Å². The van der Waals surface area contributed by atoms with Crippen molar-refractivity contribution in [3.8, 4) is 17.2 Å². The molecule has 1 heterocycles. The van der Waals surface area contributed by atoms with Gasteiger partial charge in [-0.3, -0.25) is 4.57 Å². The van der Waals surface area contributed by atoms with E-state index >= 15 is 0 Å². The van der Waals surface area contributed by atoms with Gasteiger partial charge < -0.3 is 15.8 Å². The second kappa shape index (κ2) is 8.71. The van der Waals surface area contributed by atoms with Gasteiger partial charge >= 0.3 is 0 Å². The van der Waals surface area contributed by atoms with Crippen molar-refractivity contribution >= 4 is 11.6 Å². The Morgan fingerprint density at radius 1 is 0.931 bits per heavy atom. The lowest BCUT2D eigenvalue weighted by Gasteiger charge is -2.09. The molecule has 0 spiro atoms. The fourth-order valence-electron chi connectivity index (χ4n) is 2.78. The van der Waals surface area contributed by atoms with Crippen LogP contribution in [-0.4, -0.2) is 20.7 Å². The third-order valence-corrected chi connectivity index (χ3v) is 4.13. The zero-order chi connectivity index (χ0) is 19.9. The molecule has 4 rings (SSSR count). The van der Waals surface area contributed by atoms with Crippen LogP contribution in [0.1, 0.15) is 5.82 Å². The van der Waals surface area contributed by atoms with Crippen molar-refractivity contribution in [2.24, 2.45) is 10.7 Å². The number of hydrogen-bond acceptors (Lipinski definition) is 4. The van der Waals surface area contributed by atoms with Crippen LogP contribution in [0.4, 0.5) is 5.69 Å². The molecule has 0 bridgehead atoms. The second-order valence-electron chi connectivity index (χ2n) is 6.22. The van der Waals surface area contributed by atoms with Crippen LogP contribution in [0, 0.1) is 0 Å². The third-order valence-electron chi connectivity index (χ3n) is 4.13. The van der Waals surface area contributed by atoms with Gasteiger partial charge in [0.15, 0.2) is 11.8 Å². The van der Waals surface area contributed by atoms with Crippen LogP contribution in [0.5, 0.6) is 11.5 Å². The highest BCUT2D eigenvalue weighted by molar-refractivity contribution is 5.92. The number of rotatable bonds is 6. The van der Waals surface area contributed by atoms with E-state index in [0.717, 1.165) is 17.1 Å². The molecule has 7 heteroatoms. The van der Waals surface area contributed by atoms with Crippen molar-refractivity contribution in [2.75, 3.05) is 5.32 Å². The van der Waals surface area contributed by atoms with Gasteiger partial charge in [0.1, 0.15) is 24.4 Å². The van der Waals surface area contributed by atoms with E-state index < -0.39 is 0 Å². The predicted molar refractivity (Wildman–Crippen MR) is 113 cm³/mol. The van der Waals surface area contributed by atoms with Crippen LogP contribution < -0.4 is 15.8 Å². The molecule has 3 N–H and O–H groups in total. The minimum absolute atomic E-state index is 0.282. The molecule has 4 aromatic rings. The Morgan fingerprint density at radius 2 is 1.66 bits per heavy atom. The monoisotopic (exact) mass is 384 g/mol. The molecule has 144 valence electrons. The van der Waals surface area contributed by atoms with Gasteiger partial charge in [0, 0.05) is 17.4 Å². The van der Waals surface area contributed by atoms with Crippen molar-refractivity contribution in [1.29, 1.82) is 0 Å². The maximum absolute atomic E-state index is 6.05. The quantitative estimate of drug-likeness (QED) is 0.387. The van der Waals surface area contributed by atoms with E-state index in [9.17, 15) is 0 Å². The normalized spacial score (nSPS) is 11.2. The molecular weight excluding hydrogens is 364 g/mol. The number of benzene rings is 3. The first-order valence-corrected chi connectivity index (χ1v) is 9.12. The molecule has 0 amide bonds. The van der Waals surface area contributed by atoms with Gasteiger partial charge in [-0.25, -0.2) is 4.99 Å². The van der Waals surface area contributed by atoms with Crippen LogP contribution in [-0.2, 0) is 6.54 Å². The number of aromatic nitrogens is 3. The van der Waals surface area contributed by atoms with Crippen molar-refractivity contribution in [3.05, 3.63) is 97.1 Å². The van der Waals surface area contributed by atoms with Crippen molar-refractivity contribution in [3.63, 3.8) is 0 Å². The van der Waals surface area contributed by atoms with Crippen molar-refractivity contribution in [2.45, 2.75) is 6.54 Å². The number of nitrogens with two attached hydrogens (primary N) is 1. The van der Waals surface area contributed by atoms with Crippen LogP contribution in [0.15, 0.2) is 96.2 Å². The zero-order valence-electron chi connectivity index (χ0n) is 15.6. The lowest BCUT2D eigenvalue weighted by Crippen LogP contribution is -2.22. The summed E-state index contributed by atoms with van der Waals surface area (Å²) in [5.41, 5.74) is 7.81. The number of ether oxygens (including phenoxy) is 1. The highest BCUT2D eigenvalue weighted by Gasteiger charge is 2.06. The van der Waals surface area contributed by atoms with E-state index in [0.29, 0.717) is 18.1 Å². The van der Waals surface area contributed by atoms with Crippen LogP contribution in [0.25, 0.3) is 5.69 Å². The molecule has 0 radical (unpaired) electrons. The number of hydrogen-bond donors (Lipinski definition) is 2. The molecule has 1 aromatic heterocycles. The van der Waals surface area contributed by atoms with Crippen molar-refractivity contribution < 1.29 is 4.74 Å². The Morgan fingerprint density at radius 3 is 2.45 bits per heavy atom. The molecule has 0 aliphatic heterocycles. The minimum atomic E-state index is 0.282. The average molecular weight is 384 g/mol. The Balaban J connectivity index is 1.42. The summed E-state index contributed by atoms with van der Waals surface area (Å²) in [6.07, 6.45) is 1.66. The summed E-state index contributed by atoms with van der Waals surface area (Å²) in [7, 11) is 0. The largest absolute Gasteiger partial charge is 0.457 e. The predicted octanol–water partition coefficient (Wildman–Crippen LogP) is 3.99. The van der Waals surface area contributed by atoms with Gasteiger partial charge in [-0.05, 0) is 36.4 Å². The number of aliphatic imine (C=N–C) groups is 1. The van der Waals surface area contributed by atoms with E-state index in [1.807, 2.05) is 89.5 Å². The number of para-hydroxylation sites is 2. The van der Waals surface area contributed by atoms with Gasteiger partial charge in [-0.1, -0.05) is 42.5 Å². The van der Waals surface area contributed by atoms with E-state index in [-0.39, 0.29) is 5.96 Å². The number of guanidine groups is 1. The third kappa shape index (κ3) is 4.78. The Labute approximate surface area is 168 Å². The summed E-state index contributed by atoms with van der Waals surface area (Å²) in [4.78, 5) is 4.38. The minimum Gasteiger partial charge on any atom is -0.457 e. The molecule has 3 aromatic carbocycles. The number of nitrogens with zero attached hydrogens (tertiary/aromatic N) is 4. The molecule has 0 atom stereocenters. The molecule has 0 saturated heterocycles. The number of anilines is 1. The summed E-state index contributed by atoms with van der Waals surface area (Å²) in [5.74, 6) is 2.45. The van der Waals surface area contributed by atoms with Gasteiger partial charge in [-0.15, -0.1) is 10.2 Å². The summed E-state index contributed by atoms with van der Waals surface area (Å²) in [6, 6.07) is 27.0. The average Bonchev–Trinajstić information content (AvgIpc) is 3.23. The van der Waals surface area contributed by atoms with Gasteiger partial charge in [0.25, 0.3) is 0 Å². The molecule has 0 unspecified atom stereocenters. The molecule has 0 aliphatic carbocycles. The Hall–Kier alpha value is -4.13. The second-order valence-corrected chi connectivity index (χ2v) is 6.22. The van der Waals surface area contributed by atoms with Crippen LogP contribution in [0.2, 0.25) is 0 Å². The highest BCUT2D eigenvalue weighted by Crippen LogP contribution is 2.23. The summed E-state index contributed by atoms with van der Waals surface area (Å²) in [6.45, 7) is 0.300. The molecule has 0 fully saturated rings. The fourth-order valence-corrected chi connectivity index (χ4v) is 2.78. The van der Waals surface area contributed by atoms with Gasteiger partial charge in [0.05, 0.1) is 0 Å². The first kappa shape index (κ1) is 18.2. The maximum Gasteiger partial charge on any atom is 0.193 e. The molecule has 0 saturated carbocycles. The standard InChI is InChI=1S/C22H20N6O/c23-22(24-15-21-27-25-16-28(21)18-9-3-1-4-10-18)26-17-8-7-13-20(14-17)29-19-11-5-2-6-12-19/h1-14,16H,15H2,(H3,23,24,26). The maximum atomic E-state index is 6.05. The summed E-state index contributed by atoms with van der Waals surface area (Å²) >= 11 is 0. The van der Waals surface area contributed by atoms with Crippen LogP contribution >= 0.6 is 0 Å². The fraction of sp³-hybridized carbons (Fsp3) is 0.0455. The van der Waals surface area contributed by atoms with E-state index in [1.165, 1.54) is 0 Å². The molecule has 29 heavy (non-hydrogen) atoms. The Bertz CT molecular complexity index is 1090. The Kier molecular flexibility index (Phi) is 5.48. The molecule has 0 aliphatic rings. The zero-order valence-corrected chi connectivity index (χ0v) is 15.6. The first-order chi connectivity index (χ1) is 14.3. The lowest BCUT2D eigenvalue weighted by molar-refractivity contribution is 0.483. The van der Waals surface area contributed by atoms with E-state index in [1.54, 1.807) is 6.33 Å². The van der Waals surface area contributed by atoms with E-state index in [2.05, 4.69) is 20.5 Å². The number of nitrogens with one attached hydrogen (secondary N) is 1. The SMILES string of the molecule is NC(=NCc1nncn1-c1ccccc1)Nc1cccc(Oc2ccccc2)c1. The summed E-state index contributed by atoms with van der Waals surface area (Å²) < 4.78 is 7.72. The van der Waals surface area contributed by atoms with E-state index in [4.69, 9.17) is 10.5 Å². The smallest absolute Gasteiger partial charge is 0.193 e. The molecule has 7 nitrogen and oxygen atoms in total. The van der Waals surface area contributed by atoms with Crippen molar-refractivity contribution in [1.82, 2.24) is 14.8 Å². The molecular formula is C22H20N6O. The first-order valence-electron chi connectivity index (χ1n) is 9.12. The highest BCUT2D eigenvalue weighted by atomic mass is 16.5. The van der Waals surface area contributed by atoms with Gasteiger partial charge in [-0.2, -0.15) is 0 Å².